The van der Waals surface area contributed by atoms with E-state index < -0.39 is 5.97 Å². The fraction of sp³-hybridized carbons (Fsp3) is 0.333. The Balaban J connectivity index is 1.94. The third kappa shape index (κ3) is 2.98. The maximum Gasteiger partial charge on any atom is 0.358 e. The van der Waals surface area contributed by atoms with Gasteiger partial charge in [0.15, 0.2) is 10.8 Å². The van der Waals surface area contributed by atoms with Gasteiger partial charge in [-0.3, -0.25) is 0 Å². The number of thioether (sulfide) groups is 1. The summed E-state index contributed by atoms with van der Waals surface area (Å²) in [5.41, 5.74) is 1.21. The standard InChI is InChI=1S/C15H14Cl2N2O2S/c1-9(10-5-3-2-4-6-10)19-12(13(16)18-15(19)17)14(20)21-11-7-22-8-11/h2-6,9,11H,7-8H2,1H3/t9-/m1/s1. The van der Waals surface area contributed by atoms with Crippen LogP contribution in [0.3, 0.4) is 0 Å². The number of hydrogen-bond donors (Lipinski definition) is 0. The Bertz CT molecular complexity index is 686. The lowest BCUT2D eigenvalue weighted by Crippen LogP contribution is -2.31. The second-order valence-corrected chi connectivity index (χ2v) is 6.81. The summed E-state index contributed by atoms with van der Waals surface area (Å²) in [6, 6.07) is 9.55. The van der Waals surface area contributed by atoms with Crippen molar-refractivity contribution < 1.29 is 9.53 Å². The highest BCUT2D eigenvalue weighted by atomic mass is 35.5. The van der Waals surface area contributed by atoms with Crippen molar-refractivity contribution in [3.63, 3.8) is 0 Å². The van der Waals surface area contributed by atoms with Crippen LogP contribution in [0.1, 0.15) is 29.0 Å². The summed E-state index contributed by atoms with van der Waals surface area (Å²) in [5, 5.41) is 0.251. The zero-order valence-electron chi connectivity index (χ0n) is 11.8. The van der Waals surface area contributed by atoms with Gasteiger partial charge in [0.05, 0.1) is 6.04 Å². The van der Waals surface area contributed by atoms with Crippen molar-refractivity contribution >= 4 is 40.9 Å². The predicted octanol–water partition coefficient (Wildman–Crippen LogP) is 4.07. The minimum Gasteiger partial charge on any atom is -0.456 e. The first-order valence-electron chi connectivity index (χ1n) is 6.85. The van der Waals surface area contributed by atoms with Crippen molar-refractivity contribution in [1.82, 2.24) is 9.55 Å². The third-order valence-corrected chi connectivity index (χ3v) is 5.31. The molecule has 1 atom stereocenters. The van der Waals surface area contributed by atoms with Gasteiger partial charge < -0.3 is 9.30 Å². The first kappa shape index (κ1) is 15.7. The van der Waals surface area contributed by atoms with Crippen molar-refractivity contribution in [2.75, 3.05) is 11.5 Å². The number of rotatable bonds is 4. The Hall–Kier alpha value is -1.17. The minimum absolute atomic E-state index is 0.0530. The zero-order chi connectivity index (χ0) is 15.7. The Morgan fingerprint density at radius 1 is 1.36 bits per heavy atom. The van der Waals surface area contributed by atoms with Crippen LogP contribution in [0.4, 0.5) is 0 Å². The lowest BCUT2D eigenvalue weighted by Gasteiger charge is -2.25. The molecule has 0 spiro atoms. The molecule has 1 aliphatic heterocycles. The number of carbonyl (C=O) groups is 1. The fourth-order valence-electron chi connectivity index (χ4n) is 2.29. The fourth-order valence-corrected chi connectivity index (χ4v) is 3.46. The molecule has 0 amide bonds. The molecule has 0 unspecified atom stereocenters. The molecule has 0 saturated carbocycles. The summed E-state index contributed by atoms with van der Waals surface area (Å²) in [6.07, 6.45) is -0.0530. The molecule has 7 heteroatoms. The summed E-state index contributed by atoms with van der Waals surface area (Å²) in [6.45, 7) is 1.94. The maximum absolute atomic E-state index is 12.4. The number of nitrogens with zero attached hydrogens (tertiary/aromatic N) is 2. The first-order valence-corrected chi connectivity index (χ1v) is 8.76. The molecule has 2 heterocycles. The molecule has 22 heavy (non-hydrogen) atoms. The number of aromatic nitrogens is 2. The SMILES string of the molecule is C[C@H](c1ccccc1)n1c(Cl)nc(Cl)c1C(=O)OC1CSC1. The van der Waals surface area contributed by atoms with Crippen molar-refractivity contribution in [2.45, 2.75) is 19.1 Å². The monoisotopic (exact) mass is 356 g/mol. The largest absolute Gasteiger partial charge is 0.456 e. The van der Waals surface area contributed by atoms with Crippen molar-refractivity contribution in [3.8, 4) is 0 Å². The van der Waals surface area contributed by atoms with Crippen LogP contribution in [-0.2, 0) is 4.74 Å². The Labute approximate surface area is 142 Å². The molecule has 1 aliphatic rings. The molecular formula is C15H14Cl2N2O2S. The number of hydrogen-bond acceptors (Lipinski definition) is 4. The number of carbonyl (C=O) groups excluding carboxylic acids is 1. The molecule has 1 fully saturated rings. The molecule has 0 bridgehead atoms. The van der Waals surface area contributed by atoms with Gasteiger partial charge in [0, 0.05) is 11.5 Å². The summed E-state index contributed by atoms with van der Waals surface area (Å²) in [7, 11) is 0. The molecule has 0 radical (unpaired) electrons. The van der Waals surface area contributed by atoms with E-state index in [1.165, 1.54) is 0 Å². The quantitative estimate of drug-likeness (QED) is 0.774. The van der Waals surface area contributed by atoms with Crippen molar-refractivity contribution in [2.24, 2.45) is 0 Å². The van der Waals surface area contributed by atoms with Gasteiger partial charge in [-0.05, 0) is 24.1 Å². The third-order valence-electron chi connectivity index (χ3n) is 3.57. The second kappa shape index (κ2) is 6.52. The number of ether oxygens (including phenoxy) is 1. The Morgan fingerprint density at radius 2 is 2.05 bits per heavy atom. The number of benzene rings is 1. The molecule has 1 aromatic heterocycles. The van der Waals surface area contributed by atoms with E-state index in [-0.39, 0.29) is 28.3 Å². The van der Waals surface area contributed by atoms with Crippen LogP contribution in [0.25, 0.3) is 0 Å². The van der Waals surface area contributed by atoms with Crippen LogP contribution in [-0.4, -0.2) is 33.1 Å². The van der Waals surface area contributed by atoms with Crippen LogP contribution in [0.15, 0.2) is 30.3 Å². The van der Waals surface area contributed by atoms with Gasteiger partial charge in [0.2, 0.25) is 5.28 Å². The minimum atomic E-state index is -0.475. The number of imidazole rings is 1. The summed E-state index contributed by atoms with van der Waals surface area (Å²) >= 11 is 14.0. The highest BCUT2D eigenvalue weighted by Gasteiger charge is 2.30. The summed E-state index contributed by atoms with van der Waals surface area (Å²) in [5.74, 6) is 1.16. The van der Waals surface area contributed by atoms with Gasteiger partial charge in [0.1, 0.15) is 6.10 Å². The van der Waals surface area contributed by atoms with Crippen molar-refractivity contribution in [1.29, 1.82) is 0 Å². The summed E-state index contributed by atoms with van der Waals surface area (Å²) < 4.78 is 7.05. The van der Waals surface area contributed by atoms with Gasteiger partial charge in [0.25, 0.3) is 0 Å². The first-order chi connectivity index (χ1) is 10.6. The highest BCUT2D eigenvalue weighted by molar-refractivity contribution is 8.00. The molecular weight excluding hydrogens is 343 g/mol. The lowest BCUT2D eigenvalue weighted by molar-refractivity contribution is 0.0361. The average molecular weight is 357 g/mol. The van der Waals surface area contributed by atoms with Crippen LogP contribution in [0.5, 0.6) is 0 Å². The molecule has 1 aromatic carbocycles. The molecule has 4 nitrogen and oxygen atoms in total. The number of halogens is 2. The van der Waals surface area contributed by atoms with E-state index in [9.17, 15) is 4.79 Å². The van der Waals surface area contributed by atoms with Gasteiger partial charge >= 0.3 is 5.97 Å². The summed E-state index contributed by atoms with van der Waals surface area (Å²) in [4.78, 5) is 16.4. The van der Waals surface area contributed by atoms with E-state index >= 15 is 0 Å². The highest BCUT2D eigenvalue weighted by Crippen LogP contribution is 2.30. The Kier molecular flexibility index (Phi) is 4.66. The molecule has 3 rings (SSSR count). The van der Waals surface area contributed by atoms with E-state index in [0.717, 1.165) is 17.1 Å². The van der Waals surface area contributed by atoms with Crippen LogP contribution in [0, 0.1) is 0 Å². The second-order valence-electron chi connectivity index (χ2n) is 5.04. The molecule has 1 saturated heterocycles. The smallest absolute Gasteiger partial charge is 0.358 e. The molecule has 116 valence electrons. The van der Waals surface area contributed by atoms with Gasteiger partial charge in [-0.25, -0.2) is 9.78 Å². The van der Waals surface area contributed by atoms with E-state index in [4.69, 9.17) is 27.9 Å². The Morgan fingerprint density at radius 3 is 2.64 bits per heavy atom. The van der Waals surface area contributed by atoms with Crippen LogP contribution in [0.2, 0.25) is 10.4 Å². The molecule has 0 N–H and O–H groups in total. The van der Waals surface area contributed by atoms with E-state index in [1.807, 2.05) is 37.3 Å². The topological polar surface area (TPSA) is 44.1 Å². The van der Waals surface area contributed by atoms with Crippen LogP contribution >= 0.6 is 35.0 Å². The zero-order valence-corrected chi connectivity index (χ0v) is 14.2. The van der Waals surface area contributed by atoms with Crippen molar-refractivity contribution in [3.05, 3.63) is 52.0 Å². The van der Waals surface area contributed by atoms with Gasteiger partial charge in [-0.1, -0.05) is 41.9 Å². The van der Waals surface area contributed by atoms with E-state index in [0.29, 0.717) is 0 Å². The van der Waals surface area contributed by atoms with Gasteiger partial charge in [-0.15, -0.1) is 0 Å². The van der Waals surface area contributed by atoms with E-state index in [2.05, 4.69) is 4.98 Å². The van der Waals surface area contributed by atoms with Crippen LogP contribution < -0.4 is 0 Å². The normalized spacial score (nSPS) is 16.1. The number of esters is 1. The van der Waals surface area contributed by atoms with Gasteiger partial charge in [-0.2, -0.15) is 11.8 Å². The maximum atomic E-state index is 12.4. The average Bonchev–Trinajstić information content (AvgIpc) is 2.77. The van der Waals surface area contributed by atoms with E-state index in [1.54, 1.807) is 16.3 Å². The molecule has 2 aromatic rings. The molecule has 0 aliphatic carbocycles. The lowest BCUT2D eigenvalue weighted by atomic mass is 10.1. The predicted molar refractivity (Wildman–Crippen MR) is 89.0 cm³/mol.